The molecule has 2 amide bonds. The molecular formula is C13H23N3O3. The summed E-state index contributed by atoms with van der Waals surface area (Å²) in [6.07, 6.45) is 3.33. The minimum absolute atomic E-state index is 0.0625. The van der Waals surface area contributed by atoms with E-state index in [0.717, 1.165) is 32.4 Å². The summed E-state index contributed by atoms with van der Waals surface area (Å²) < 4.78 is 5.73. The van der Waals surface area contributed by atoms with Crippen molar-refractivity contribution in [2.24, 2.45) is 5.73 Å². The molecule has 2 N–H and O–H groups in total. The topological polar surface area (TPSA) is 75.9 Å². The van der Waals surface area contributed by atoms with Crippen molar-refractivity contribution in [3.8, 4) is 0 Å². The Morgan fingerprint density at radius 1 is 1.32 bits per heavy atom. The van der Waals surface area contributed by atoms with Gasteiger partial charge in [0.1, 0.15) is 0 Å². The Kier molecular flexibility index (Phi) is 4.90. The van der Waals surface area contributed by atoms with Crippen LogP contribution >= 0.6 is 0 Å². The van der Waals surface area contributed by atoms with Gasteiger partial charge in [0.25, 0.3) is 0 Å². The Hall–Kier alpha value is -0.980. The number of ether oxygens (including phenoxy) is 1. The summed E-state index contributed by atoms with van der Waals surface area (Å²) in [5.74, 6) is -0.135. The quantitative estimate of drug-likeness (QED) is 0.541. The zero-order valence-electron chi connectivity index (χ0n) is 11.5. The maximum absolute atomic E-state index is 11.9. The Balaban J connectivity index is 1.77. The Morgan fingerprint density at radius 3 is 2.53 bits per heavy atom. The number of amides is 2. The minimum atomic E-state index is -0.248. The van der Waals surface area contributed by atoms with E-state index < -0.39 is 0 Å². The van der Waals surface area contributed by atoms with Gasteiger partial charge in [-0.3, -0.25) is 19.4 Å². The average Bonchev–Trinajstić information content (AvgIpc) is 2.68. The van der Waals surface area contributed by atoms with E-state index in [0.29, 0.717) is 19.6 Å². The van der Waals surface area contributed by atoms with Gasteiger partial charge >= 0.3 is 0 Å². The van der Waals surface area contributed by atoms with Crippen LogP contribution in [0.1, 0.15) is 25.7 Å². The first-order chi connectivity index (χ1) is 9.13. The molecule has 2 fully saturated rings. The lowest BCUT2D eigenvalue weighted by Gasteiger charge is -2.34. The second-order valence-corrected chi connectivity index (χ2v) is 5.26. The summed E-state index contributed by atoms with van der Waals surface area (Å²) in [7, 11) is 1.56. The monoisotopic (exact) mass is 269 g/mol. The molecule has 2 aliphatic heterocycles. The Labute approximate surface area is 113 Å². The normalized spacial score (nSPS) is 26.4. The van der Waals surface area contributed by atoms with Crippen LogP contribution in [0.25, 0.3) is 0 Å². The summed E-state index contributed by atoms with van der Waals surface area (Å²) in [6.45, 7) is 3.02. The van der Waals surface area contributed by atoms with Crippen LogP contribution in [0.3, 0.4) is 0 Å². The first-order valence-electron chi connectivity index (χ1n) is 6.99. The van der Waals surface area contributed by atoms with Crippen LogP contribution in [0, 0.1) is 0 Å². The summed E-state index contributed by atoms with van der Waals surface area (Å²) in [5, 5.41) is 0. The van der Waals surface area contributed by atoms with Crippen LogP contribution in [0.5, 0.6) is 0 Å². The largest absolute Gasteiger partial charge is 0.378 e. The number of hydrogen-bond donors (Lipinski definition) is 1. The van der Waals surface area contributed by atoms with Gasteiger partial charge in [-0.25, -0.2) is 0 Å². The van der Waals surface area contributed by atoms with Gasteiger partial charge in [-0.2, -0.15) is 0 Å². The van der Waals surface area contributed by atoms with Crippen molar-refractivity contribution >= 4 is 11.8 Å². The number of imide groups is 1. The molecule has 1 atom stereocenters. The summed E-state index contributed by atoms with van der Waals surface area (Å²) in [5.41, 5.74) is 5.43. The van der Waals surface area contributed by atoms with E-state index in [1.807, 2.05) is 0 Å². The molecule has 0 spiro atoms. The fraction of sp³-hybridized carbons (Fsp3) is 0.846. The van der Waals surface area contributed by atoms with Crippen molar-refractivity contribution in [1.82, 2.24) is 9.80 Å². The van der Waals surface area contributed by atoms with Gasteiger partial charge in [0, 0.05) is 26.7 Å². The minimum Gasteiger partial charge on any atom is -0.378 e. The van der Waals surface area contributed by atoms with Gasteiger partial charge in [0.2, 0.25) is 11.8 Å². The van der Waals surface area contributed by atoms with Crippen molar-refractivity contribution in [2.75, 3.05) is 33.3 Å². The first-order valence-corrected chi connectivity index (χ1v) is 6.99. The summed E-state index contributed by atoms with van der Waals surface area (Å²) in [6, 6.07) is -0.248. The molecular weight excluding hydrogens is 246 g/mol. The molecule has 2 saturated heterocycles. The third-order valence-electron chi connectivity index (χ3n) is 3.98. The molecule has 0 bridgehead atoms. The molecule has 108 valence electrons. The molecule has 19 heavy (non-hydrogen) atoms. The number of likely N-dealkylation sites (N-methyl/N-ethyl adjacent to an activating group) is 1. The van der Waals surface area contributed by atoms with Gasteiger partial charge in [-0.05, 0) is 25.8 Å². The molecule has 0 aromatic rings. The summed E-state index contributed by atoms with van der Waals surface area (Å²) in [4.78, 5) is 26.8. The number of hydrogen-bond acceptors (Lipinski definition) is 5. The zero-order chi connectivity index (χ0) is 13.8. The molecule has 2 aliphatic rings. The second-order valence-electron chi connectivity index (χ2n) is 5.26. The van der Waals surface area contributed by atoms with E-state index in [-0.39, 0.29) is 24.0 Å². The standard InChI is InChI=1S/C13H23N3O3/c1-15-12(17)9-11(13(15)18)16-6-3-10(4-7-16)19-8-2-5-14/h10-11H,2-9,14H2,1H3. The molecule has 0 saturated carbocycles. The van der Waals surface area contributed by atoms with E-state index >= 15 is 0 Å². The van der Waals surface area contributed by atoms with Gasteiger partial charge in [-0.15, -0.1) is 0 Å². The Morgan fingerprint density at radius 2 is 2.00 bits per heavy atom. The van der Waals surface area contributed by atoms with E-state index in [9.17, 15) is 9.59 Å². The van der Waals surface area contributed by atoms with Crippen molar-refractivity contribution in [3.05, 3.63) is 0 Å². The number of piperidine rings is 1. The predicted octanol–water partition coefficient (Wildman–Crippen LogP) is -0.426. The molecule has 0 aliphatic carbocycles. The van der Waals surface area contributed by atoms with Crippen LogP contribution in [0.2, 0.25) is 0 Å². The smallest absolute Gasteiger partial charge is 0.246 e. The van der Waals surface area contributed by atoms with E-state index in [1.54, 1.807) is 7.05 Å². The third-order valence-corrected chi connectivity index (χ3v) is 3.98. The molecule has 0 radical (unpaired) electrons. The fourth-order valence-electron chi connectivity index (χ4n) is 2.71. The molecule has 0 aromatic heterocycles. The number of likely N-dealkylation sites (tertiary alicyclic amines) is 2. The third kappa shape index (κ3) is 3.32. The van der Waals surface area contributed by atoms with Crippen LogP contribution in [-0.2, 0) is 14.3 Å². The number of rotatable bonds is 5. The first kappa shape index (κ1) is 14.4. The van der Waals surface area contributed by atoms with E-state index in [4.69, 9.17) is 10.5 Å². The van der Waals surface area contributed by atoms with Gasteiger partial charge < -0.3 is 10.5 Å². The molecule has 6 nitrogen and oxygen atoms in total. The molecule has 1 unspecified atom stereocenters. The lowest BCUT2D eigenvalue weighted by molar-refractivity contribution is -0.138. The van der Waals surface area contributed by atoms with Gasteiger partial charge in [0.05, 0.1) is 18.6 Å². The second kappa shape index (κ2) is 6.45. The Bertz CT molecular complexity index is 340. The molecule has 2 rings (SSSR count). The maximum atomic E-state index is 11.9. The van der Waals surface area contributed by atoms with Gasteiger partial charge in [-0.1, -0.05) is 0 Å². The fourth-order valence-corrected chi connectivity index (χ4v) is 2.71. The van der Waals surface area contributed by atoms with Gasteiger partial charge in [0.15, 0.2) is 0 Å². The lowest BCUT2D eigenvalue weighted by Crippen LogP contribution is -2.46. The van der Waals surface area contributed by atoms with E-state index in [1.165, 1.54) is 4.90 Å². The molecule has 0 aromatic carbocycles. The van der Waals surface area contributed by atoms with Crippen molar-refractivity contribution < 1.29 is 14.3 Å². The van der Waals surface area contributed by atoms with E-state index in [2.05, 4.69) is 4.90 Å². The number of carbonyl (C=O) groups excluding carboxylic acids is 2. The SMILES string of the molecule is CN1C(=O)CC(N2CCC(OCCCN)CC2)C1=O. The number of nitrogens with zero attached hydrogens (tertiary/aromatic N) is 2. The highest BCUT2D eigenvalue weighted by atomic mass is 16.5. The van der Waals surface area contributed by atoms with Crippen molar-refractivity contribution in [1.29, 1.82) is 0 Å². The van der Waals surface area contributed by atoms with Crippen LogP contribution in [-0.4, -0.2) is 67.0 Å². The predicted molar refractivity (Wildman–Crippen MR) is 70.4 cm³/mol. The van der Waals surface area contributed by atoms with Crippen LogP contribution < -0.4 is 5.73 Å². The number of carbonyl (C=O) groups is 2. The van der Waals surface area contributed by atoms with Crippen molar-refractivity contribution in [2.45, 2.75) is 37.8 Å². The lowest BCUT2D eigenvalue weighted by atomic mass is 10.0. The van der Waals surface area contributed by atoms with Crippen LogP contribution in [0.15, 0.2) is 0 Å². The van der Waals surface area contributed by atoms with Crippen molar-refractivity contribution in [3.63, 3.8) is 0 Å². The highest BCUT2D eigenvalue weighted by Crippen LogP contribution is 2.22. The van der Waals surface area contributed by atoms with Crippen LogP contribution in [0.4, 0.5) is 0 Å². The highest BCUT2D eigenvalue weighted by molar-refractivity contribution is 6.05. The zero-order valence-corrected chi connectivity index (χ0v) is 11.5. The number of nitrogens with two attached hydrogens (primary N) is 1. The average molecular weight is 269 g/mol. The molecule has 6 heteroatoms. The highest BCUT2D eigenvalue weighted by Gasteiger charge is 2.40. The molecule has 2 heterocycles. The maximum Gasteiger partial charge on any atom is 0.246 e. The summed E-state index contributed by atoms with van der Waals surface area (Å²) >= 11 is 0.